The number of allylic oxidation sites excluding steroid dienone is 1. The van der Waals surface area contributed by atoms with E-state index in [1.54, 1.807) is 0 Å². The van der Waals surface area contributed by atoms with Gasteiger partial charge >= 0.3 is 0 Å². The molecule has 0 heterocycles. The highest BCUT2D eigenvalue weighted by Gasteiger charge is 1.98. The fraction of sp³-hybridized carbons (Fsp3) is 0.182. The Hall–Kier alpha value is -1.37. The first-order valence-corrected chi connectivity index (χ1v) is 3.87. The second-order valence-electron chi connectivity index (χ2n) is 2.97. The molecule has 0 fully saturated rings. The number of aldehydes is 1. The molecule has 0 bridgehead atoms. The standard InChI is InChI=1S/C11H12O/c1-8(2)11-5-4-10(7-12)6-9(11)3/h4-7H,1H2,2-3H3. The van der Waals surface area contributed by atoms with Gasteiger partial charge in [-0.15, -0.1) is 0 Å². The van der Waals surface area contributed by atoms with Crippen LogP contribution < -0.4 is 0 Å². The van der Waals surface area contributed by atoms with Crippen LogP contribution in [0.25, 0.3) is 5.57 Å². The van der Waals surface area contributed by atoms with Gasteiger partial charge in [0.2, 0.25) is 0 Å². The summed E-state index contributed by atoms with van der Waals surface area (Å²) in [5, 5.41) is 0. The third-order valence-corrected chi connectivity index (χ3v) is 1.85. The van der Waals surface area contributed by atoms with Crippen LogP contribution in [0.4, 0.5) is 0 Å². The summed E-state index contributed by atoms with van der Waals surface area (Å²) in [6, 6.07) is 5.61. The van der Waals surface area contributed by atoms with E-state index in [0.717, 1.165) is 28.5 Å². The lowest BCUT2D eigenvalue weighted by Gasteiger charge is -2.04. The highest BCUT2D eigenvalue weighted by atomic mass is 16.1. The normalized spacial score (nSPS) is 9.50. The van der Waals surface area contributed by atoms with E-state index in [2.05, 4.69) is 6.58 Å². The Morgan fingerprint density at radius 3 is 2.58 bits per heavy atom. The van der Waals surface area contributed by atoms with Gasteiger partial charge in [-0.2, -0.15) is 0 Å². The van der Waals surface area contributed by atoms with E-state index in [9.17, 15) is 4.79 Å². The third kappa shape index (κ3) is 1.62. The van der Waals surface area contributed by atoms with Gasteiger partial charge < -0.3 is 0 Å². The Labute approximate surface area is 72.7 Å². The van der Waals surface area contributed by atoms with E-state index >= 15 is 0 Å². The molecule has 1 heteroatoms. The minimum atomic E-state index is 0.720. The summed E-state index contributed by atoms with van der Waals surface area (Å²) < 4.78 is 0. The maximum atomic E-state index is 10.4. The molecule has 0 saturated carbocycles. The van der Waals surface area contributed by atoms with Crippen LogP contribution in [0.5, 0.6) is 0 Å². The SMILES string of the molecule is C=C(C)c1ccc(C=O)cc1C. The Balaban J connectivity index is 3.20. The Morgan fingerprint density at radius 2 is 2.17 bits per heavy atom. The molecule has 0 N–H and O–H groups in total. The van der Waals surface area contributed by atoms with Crippen LogP contribution in [0.3, 0.4) is 0 Å². The Bertz CT molecular complexity index is 324. The van der Waals surface area contributed by atoms with Crippen LogP contribution in [-0.4, -0.2) is 6.29 Å². The van der Waals surface area contributed by atoms with Crippen molar-refractivity contribution in [2.75, 3.05) is 0 Å². The van der Waals surface area contributed by atoms with Crippen LogP contribution >= 0.6 is 0 Å². The van der Waals surface area contributed by atoms with Gasteiger partial charge in [0.15, 0.2) is 0 Å². The molecule has 12 heavy (non-hydrogen) atoms. The molecule has 0 saturated heterocycles. The van der Waals surface area contributed by atoms with Gasteiger partial charge in [-0.1, -0.05) is 24.3 Å². The van der Waals surface area contributed by atoms with Gasteiger partial charge in [0.05, 0.1) is 0 Å². The molecular formula is C11H12O. The van der Waals surface area contributed by atoms with Crippen molar-refractivity contribution in [1.82, 2.24) is 0 Å². The van der Waals surface area contributed by atoms with Crippen molar-refractivity contribution in [3.63, 3.8) is 0 Å². The zero-order valence-electron chi connectivity index (χ0n) is 7.42. The molecule has 0 unspecified atom stereocenters. The third-order valence-electron chi connectivity index (χ3n) is 1.85. The summed E-state index contributed by atoms with van der Waals surface area (Å²) in [6.45, 7) is 7.80. The number of benzene rings is 1. The molecule has 1 rings (SSSR count). The molecule has 0 atom stereocenters. The zero-order chi connectivity index (χ0) is 9.14. The maximum Gasteiger partial charge on any atom is 0.150 e. The molecule has 0 aromatic heterocycles. The van der Waals surface area contributed by atoms with E-state index in [-0.39, 0.29) is 0 Å². The number of carbonyl (C=O) groups is 1. The molecule has 0 aliphatic carbocycles. The van der Waals surface area contributed by atoms with Crippen LogP contribution in [0.2, 0.25) is 0 Å². The molecule has 0 spiro atoms. The lowest BCUT2D eigenvalue weighted by Crippen LogP contribution is -1.87. The summed E-state index contributed by atoms with van der Waals surface area (Å²) in [7, 11) is 0. The van der Waals surface area contributed by atoms with E-state index in [1.165, 1.54) is 0 Å². The molecule has 62 valence electrons. The van der Waals surface area contributed by atoms with E-state index in [0.29, 0.717) is 0 Å². The molecule has 0 radical (unpaired) electrons. The summed E-state index contributed by atoms with van der Waals surface area (Å²) in [5.41, 5.74) is 3.98. The first-order chi connectivity index (χ1) is 5.65. The summed E-state index contributed by atoms with van der Waals surface area (Å²) >= 11 is 0. The molecule has 0 aliphatic heterocycles. The van der Waals surface area contributed by atoms with E-state index < -0.39 is 0 Å². The minimum absolute atomic E-state index is 0.720. The smallest absolute Gasteiger partial charge is 0.150 e. The fourth-order valence-corrected chi connectivity index (χ4v) is 1.24. The van der Waals surface area contributed by atoms with Crippen LogP contribution in [-0.2, 0) is 0 Å². The van der Waals surface area contributed by atoms with Crippen molar-refractivity contribution < 1.29 is 4.79 Å². The second-order valence-corrected chi connectivity index (χ2v) is 2.97. The topological polar surface area (TPSA) is 17.1 Å². The molecule has 1 aromatic rings. The summed E-state index contributed by atoms with van der Waals surface area (Å²) in [5.74, 6) is 0. The van der Waals surface area contributed by atoms with Gasteiger partial charge in [-0.05, 0) is 31.0 Å². The van der Waals surface area contributed by atoms with Gasteiger partial charge in [0, 0.05) is 5.56 Å². The van der Waals surface area contributed by atoms with Crippen LogP contribution in [0, 0.1) is 6.92 Å². The first-order valence-electron chi connectivity index (χ1n) is 3.87. The summed E-state index contributed by atoms with van der Waals surface area (Å²) in [4.78, 5) is 10.4. The first kappa shape index (κ1) is 8.72. The Kier molecular flexibility index (Phi) is 2.44. The van der Waals surface area contributed by atoms with Crippen LogP contribution in [0.1, 0.15) is 28.4 Å². The monoisotopic (exact) mass is 160 g/mol. The Morgan fingerprint density at radius 1 is 1.50 bits per heavy atom. The zero-order valence-corrected chi connectivity index (χ0v) is 7.42. The van der Waals surface area contributed by atoms with Gasteiger partial charge in [-0.25, -0.2) is 0 Å². The highest BCUT2D eigenvalue weighted by Crippen LogP contribution is 2.17. The van der Waals surface area contributed by atoms with E-state index in [1.807, 2.05) is 32.0 Å². The molecule has 0 aliphatic rings. The second kappa shape index (κ2) is 3.35. The van der Waals surface area contributed by atoms with Crippen LogP contribution in [0.15, 0.2) is 24.8 Å². The number of rotatable bonds is 2. The number of hydrogen-bond acceptors (Lipinski definition) is 1. The van der Waals surface area contributed by atoms with Crippen molar-refractivity contribution in [3.05, 3.63) is 41.5 Å². The molecule has 1 aromatic carbocycles. The van der Waals surface area contributed by atoms with Gasteiger partial charge in [0.1, 0.15) is 6.29 Å². The lowest BCUT2D eigenvalue weighted by atomic mass is 10.0. The van der Waals surface area contributed by atoms with Crippen molar-refractivity contribution in [2.45, 2.75) is 13.8 Å². The number of carbonyl (C=O) groups excluding carboxylic acids is 1. The average molecular weight is 160 g/mol. The van der Waals surface area contributed by atoms with Crippen molar-refractivity contribution in [2.24, 2.45) is 0 Å². The quantitative estimate of drug-likeness (QED) is 0.608. The van der Waals surface area contributed by atoms with Crippen molar-refractivity contribution >= 4 is 11.9 Å². The number of aryl methyl sites for hydroxylation is 1. The highest BCUT2D eigenvalue weighted by molar-refractivity contribution is 5.77. The predicted molar refractivity (Wildman–Crippen MR) is 51.3 cm³/mol. The minimum Gasteiger partial charge on any atom is -0.298 e. The average Bonchev–Trinajstić information content (AvgIpc) is 2.03. The van der Waals surface area contributed by atoms with Gasteiger partial charge in [-0.3, -0.25) is 4.79 Å². The van der Waals surface area contributed by atoms with Crippen molar-refractivity contribution in [1.29, 1.82) is 0 Å². The molecule has 0 amide bonds. The van der Waals surface area contributed by atoms with Crippen molar-refractivity contribution in [3.8, 4) is 0 Å². The number of hydrogen-bond donors (Lipinski definition) is 0. The molecule has 1 nitrogen and oxygen atoms in total. The lowest BCUT2D eigenvalue weighted by molar-refractivity contribution is 0.112. The largest absolute Gasteiger partial charge is 0.298 e. The fourth-order valence-electron chi connectivity index (χ4n) is 1.24. The van der Waals surface area contributed by atoms with E-state index in [4.69, 9.17) is 0 Å². The molecular weight excluding hydrogens is 148 g/mol. The predicted octanol–water partition coefficient (Wildman–Crippen LogP) is 2.84. The summed E-state index contributed by atoms with van der Waals surface area (Å²) in [6.07, 6.45) is 0.856. The van der Waals surface area contributed by atoms with Gasteiger partial charge in [0.25, 0.3) is 0 Å². The maximum absolute atomic E-state index is 10.4.